The number of hydrogen-bond acceptors (Lipinski definition) is 4. The molecule has 0 bridgehead atoms. The van der Waals surface area contributed by atoms with E-state index in [9.17, 15) is 8.42 Å². The molecule has 0 aromatic rings. The Bertz CT molecular complexity index is 339. The molecule has 0 radical (unpaired) electrons. The van der Waals surface area contributed by atoms with Crippen LogP contribution < -0.4 is 10.5 Å². The van der Waals surface area contributed by atoms with E-state index in [-0.39, 0.29) is 24.3 Å². The molecule has 1 atom stereocenters. The summed E-state index contributed by atoms with van der Waals surface area (Å²) in [6.07, 6.45) is 0.173. The highest BCUT2D eigenvalue weighted by atomic mass is 32.2. The van der Waals surface area contributed by atoms with Gasteiger partial charge in [0.2, 0.25) is 0 Å². The number of hydrogen-bond donors (Lipinski definition) is 3. The van der Waals surface area contributed by atoms with E-state index in [1.165, 1.54) is 7.05 Å². The lowest BCUT2D eigenvalue weighted by molar-refractivity contribution is 0.313. The maximum Gasteiger partial charge on any atom is 0.279 e. The van der Waals surface area contributed by atoms with E-state index in [1.807, 2.05) is 0 Å². The SMILES string of the molecule is CC(C)NS(=O)(=O)N(C)C(C)CC(N)=NO. The first-order chi connectivity index (χ1) is 7.20. The second-order valence-corrected chi connectivity index (χ2v) is 5.70. The molecule has 4 N–H and O–H groups in total. The molecular weight excluding hydrogens is 232 g/mol. The van der Waals surface area contributed by atoms with Crippen molar-refractivity contribution in [3.63, 3.8) is 0 Å². The van der Waals surface area contributed by atoms with E-state index in [2.05, 4.69) is 9.88 Å². The molecule has 0 aromatic carbocycles. The summed E-state index contributed by atoms with van der Waals surface area (Å²) in [5.74, 6) is -0.000836. The van der Waals surface area contributed by atoms with E-state index in [0.29, 0.717) is 0 Å². The summed E-state index contributed by atoms with van der Waals surface area (Å²) in [5, 5.41) is 11.2. The normalized spacial score (nSPS) is 15.8. The monoisotopic (exact) mass is 252 g/mol. The molecule has 0 aliphatic heterocycles. The van der Waals surface area contributed by atoms with Gasteiger partial charge in [-0.3, -0.25) is 0 Å². The Hall–Kier alpha value is -0.860. The van der Waals surface area contributed by atoms with Crippen molar-refractivity contribution in [2.24, 2.45) is 10.9 Å². The molecule has 7 nitrogen and oxygen atoms in total. The number of amidine groups is 1. The van der Waals surface area contributed by atoms with Crippen LogP contribution in [0.4, 0.5) is 0 Å². The second-order valence-electron chi connectivity index (χ2n) is 3.94. The molecule has 0 heterocycles. The van der Waals surface area contributed by atoms with Gasteiger partial charge in [0.15, 0.2) is 0 Å². The van der Waals surface area contributed by atoms with E-state index in [4.69, 9.17) is 10.9 Å². The van der Waals surface area contributed by atoms with Crippen LogP contribution in [0.1, 0.15) is 27.2 Å². The Morgan fingerprint density at radius 3 is 2.38 bits per heavy atom. The van der Waals surface area contributed by atoms with E-state index >= 15 is 0 Å². The summed E-state index contributed by atoms with van der Waals surface area (Å²) in [6.45, 7) is 5.15. The lowest BCUT2D eigenvalue weighted by Gasteiger charge is -2.25. The van der Waals surface area contributed by atoms with Crippen LogP contribution in [0.5, 0.6) is 0 Å². The molecular formula is C8H20N4O3S. The molecule has 0 saturated heterocycles. The Labute approximate surface area is 96.5 Å². The fourth-order valence-corrected chi connectivity index (χ4v) is 2.40. The van der Waals surface area contributed by atoms with Crippen molar-refractivity contribution in [1.82, 2.24) is 9.03 Å². The molecule has 0 rings (SSSR count). The van der Waals surface area contributed by atoms with Gasteiger partial charge in [0.05, 0.1) is 0 Å². The van der Waals surface area contributed by atoms with Crippen LogP contribution in [-0.4, -0.2) is 42.9 Å². The van der Waals surface area contributed by atoms with Gasteiger partial charge in [0.25, 0.3) is 10.2 Å². The van der Waals surface area contributed by atoms with Gasteiger partial charge in [-0.1, -0.05) is 5.16 Å². The number of nitrogens with zero attached hydrogens (tertiary/aromatic N) is 2. The molecule has 0 saturated carbocycles. The summed E-state index contributed by atoms with van der Waals surface area (Å²) >= 11 is 0. The molecule has 96 valence electrons. The number of nitrogens with one attached hydrogen (secondary N) is 1. The van der Waals surface area contributed by atoms with Crippen LogP contribution in [-0.2, 0) is 10.2 Å². The maximum absolute atomic E-state index is 11.7. The molecule has 0 spiro atoms. The quantitative estimate of drug-likeness (QED) is 0.261. The highest BCUT2D eigenvalue weighted by Gasteiger charge is 2.24. The van der Waals surface area contributed by atoms with Gasteiger partial charge in [-0.05, 0) is 20.8 Å². The molecule has 0 aliphatic rings. The van der Waals surface area contributed by atoms with Crippen molar-refractivity contribution < 1.29 is 13.6 Å². The minimum Gasteiger partial charge on any atom is -0.409 e. The van der Waals surface area contributed by atoms with Crippen LogP contribution in [0.3, 0.4) is 0 Å². The average molecular weight is 252 g/mol. The lowest BCUT2D eigenvalue weighted by Crippen LogP contribution is -2.46. The molecule has 0 fully saturated rings. The third kappa shape index (κ3) is 4.77. The minimum absolute atomic E-state index is 0.000836. The van der Waals surface area contributed by atoms with E-state index in [1.54, 1.807) is 20.8 Å². The third-order valence-corrected chi connectivity index (χ3v) is 3.90. The second kappa shape index (κ2) is 6.02. The molecule has 1 unspecified atom stereocenters. The fraction of sp³-hybridized carbons (Fsp3) is 0.875. The standard InChI is InChI=1S/C8H20N4O3S/c1-6(2)11-16(14,15)12(4)7(3)5-8(9)10-13/h6-7,11,13H,5H2,1-4H3,(H2,9,10). The number of rotatable bonds is 6. The number of nitrogens with two attached hydrogens (primary N) is 1. The summed E-state index contributed by atoms with van der Waals surface area (Å²) in [4.78, 5) is 0. The van der Waals surface area contributed by atoms with Gasteiger partial charge < -0.3 is 10.9 Å². The van der Waals surface area contributed by atoms with Gasteiger partial charge in [-0.2, -0.15) is 17.4 Å². The van der Waals surface area contributed by atoms with Crippen molar-refractivity contribution in [3.8, 4) is 0 Å². The summed E-state index contributed by atoms with van der Waals surface area (Å²) in [6, 6.07) is -0.560. The van der Waals surface area contributed by atoms with Crippen molar-refractivity contribution in [2.75, 3.05) is 7.05 Å². The van der Waals surface area contributed by atoms with Crippen LogP contribution in [0, 0.1) is 0 Å². The third-order valence-electron chi connectivity index (χ3n) is 2.02. The predicted molar refractivity (Wildman–Crippen MR) is 62.4 cm³/mol. The summed E-state index contributed by atoms with van der Waals surface area (Å²) in [7, 11) is -2.08. The lowest BCUT2D eigenvalue weighted by atomic mass is 10.2. The maximum atomic E-state index is 11.7. The molecule has 0 amide bonds. The predicted octanol–water partition coefficient (Wildman–Crippen LogP) is -0.314. The van der Waals surface area contributed by atoms with Crippen LogP contribution >= 0.6 is 0 Å². The highest BCUT2D eigenvalue weighted by molar-refractivity contribution is 7.87. The van der Waals surface area contributed by atoms with Gasteiger partial charge >= 0.3 is 0 Å². The van der Waals surface area contributed by atoms with E-state index < -0.39 is 10.2 Å². The number of oxime groups is 1. The van der Waals surface area contributed by atoms with Crippen LogP contribution in [0.2, 0.25) is 0 Å². The Morgan fingerprint density at radius 1 is 1.50 bits per heavy atom. The largest absolute Gasteiger partial charge is 0.409 e. The average Bonchev–Trinajstić information content (AvgIpc) is 2.14. The van der Waals surface area contributed by atoms with Gasteiger partial charge in [-0.15, -0.1) is 0 Å². The zero-order chi connectivity index (χ0) is 12.9. The van der Waals surface area contributed by atoms with Gasteiger partial charge in [0, 0.05) is 25.6 Å². The van der Waals surface area contributed by atoms with E-state index in [0.717, 1.165) is 4.31 Å². The first kappa shape index (κ1) is 15.1. The smallest absolute Gasteiger partial charge is 0.279 e. The summed E-state index contributed by atoms with van der Waals surface area (Å²) in [5.41, 5.74) is 5.31. The Morgan fingerprint density at radius 2 is 2.00 bits per heavy atom. The van der Waals surface area contributed by atoms with Crippen molar-refractivity contribution >= 4 is 16.0 Å². The topological polar surface area (TPSA) is 108 Å². The minimum atomic E-state index is -3.52. The molecule has 0 aromatic heterocycles. The first-order valence-electron chi connectivity index (χ1n) is 4.92. The van der Waals surface area contributed by atoms with Gasteiger partial charge in [0.1, 0.15) is 5.84 Å². The Kier molecular flexibility index (Phi) is 5.70. The fourth-order valence-electron chi connectivity index (χ4n) is 1.09. The molecule has 0 aliphatic carbocycles. The van der Waals surface area contributed by atoms with Crippen LogP contribution in [0.15, 0.2) is 5.16 Å². The molecule has 16 heavy (non-hydrogen) atoms. The van der Waals surface area contributed by atoms with Crippen molar-refractivity contribution in [2.45, 2.75) is 39.3 Å². The van der Waals surface area contributed by atoms with Crippen molar-refractivity contribution in [1.29, 1.82) is 0 Å². The zero-order valence-electron chi connectivity index (χ0n) is 10.0. The van der Waals surface area contributed by atoms with Crippen LogP contribution in [0.25, 0.3) is 0 Å². The zero-order valence-corrected chi connectivity index (χ0v) is 10.8. The van der Waals surface area contributed by atoms with Gasteiger partial charge in [-0.25, -0.2) is 0 Å². The van der Waals surface area contributed by atoms with Crippen molar-refractivity contribution in [3.05, 3.63) is 0 Å². The molecule has 8 heteroatoms. The summed E-state index contributed by atoms with van der Waals surface area (Å²) < 4.78 is 27.1. The first-order valence-corrected chi connectivity index (χ1v) is 6.36. The highest BCUT2D eigenvalue weighted by Crippen LogP contribution is 2.06. The Balaban J connectivity index is 4.60.